The molecule has 0 bridgehead atoms. The van der Waals surface area contributed by atoms with Crippen LogP contribution in [0.3, 0.4) is 0 Å². The number of hydrogen-bond acceptors (Lipinski definition) is 5. The number of Topliss-reactive ketones (excluding diaryl/α,β-unsaturated/α-hetero) is 1. The van der Waals surface area contributed by atoms with Crippen LogP contribution in [0.15, 0.2) is 11.6 Å². The first-order valence-corrected chi connectivity index (χ1v) is 6.89. The number of fused-ring (bicyclic) bond motifs is 1. The van der Waals surface area contributed by atoms with Crippen molar-refractivity contribution in [3.63, 3.8) is 0 Å². The van der Waals surface area contributed by atoms with Crippen molar-refractivity contribution in [1.29, 1.82) is 0 Å². The van der Waals surface area contributed by atoms with Crippen LogP contribution in [-0.4, -0.2) is 20.7 Å². The van der Waals surface area contributed by atoms with Crippen molar-refractivity contribution in [3.05, 3.63) is 39.4 Å². The van der Waals surface area contributed by atoms with Crippen LogP contribution in [0.5, 0.6) is 0 Å². The van der Waals surface area contributed by atoms with Crippen molar-refractivity contribution in [2.45, 2.75) is 32.6 Å². The fourth-order valence-electron chi connectivity index (χ4n) is 2.14. The van der Waals surface area contributed by atoms with E-state index in [2.05, 4.69) is 15.0 Å². The zero-order chi connectivity index (χ0) is 12.5. The summed E-state index contributed by atoms with van der Waals surface area (Å²) in [5.74, 6) is 0.936. The Morgan fingerprint density at radius 2 is 2.22 bits per heavy atom. The van der Waals surface area contributed by atoms with Gasteiger partial charge in [-0.25, -0.2) is 15.0 Å². The maximum Gasteiger partial charge on any atom is 0.166 e. The molecule has 0 atom stereocenters. The van der Waals surface area contributed by atoms with Crippen molar-refractivity contribution >= 4 is 17.1 Å². The zero-order valence-corrected chi connectivity index (χ0v) is 11.0. The Labute approximate surface area is 109 Å². The lowest BCUT2D eigenvalue weighted by Gasteiger charge is -2.13. The zero-order valence-electron chi connectivity index (χ0n) is 10.1. The highest BCUT2D eigenvalue weighted by Gasteiger charge is 2.19. The molecule has 1 aliphatic rings. The van der Waals surface area contributed by atoms with E-state index in [1.807, 2.05) is 12.3 Å². The van der Waals surface area contributed by atoms with Gasteiger partial charge in [0.05, 0.1) is 17.7 Å². The maximum absolute atomic E-state index is 11.7. The molecular formula is C13H13N3OS. The number of aromatic nitrogens is 3. The van der Waals surface area contributed by atoms with Crippen molar-refractivity contribution in [1.82, 2.24) is 15.0 Å². The van der Waals surface area contributed by atoms with Crippen molar-refractivity contribution in [2.75, 3.05) is 0 Å². The molecular weight excluding hydrogens is 246 g/mol. The van der Waals surface area contributed by atoms with Gasteiger partial charge in [-0.1, -0.05) is 0 Å². The van der Waals surface area contributed by atoms with Crippen LogP contribution in [0.2, 0.25) is 0 Å². The van der Waals surface area contributed by atoms with Crippen LogP contribution >= 0.6 is 11.3 Å². The molecule has 2 heterocycles. The minimum Gasteiger partial charge on any atom is -0.294 e. The second kappa shape index (κ2) is 4.57. The van der Waals surface area contributed by atoms with E-state index in [4.69, 9.17) is 0 Å². The molecule has 4 nitrogen and oxygen atoms in total. The van der Waals surface area contributed by atoms with Gasteiger partial charge < -0.3 is 0 Å². The summed E-state index contributed by atoms with van der Waals surface area (Å²) in [6, 6.07) is 0. The fourth-order valence-corrected chi connectivity index (χ4v) is 2.91. The monoisotopic (exact) mass is 259 g/mol. The molecule has 0 aliphatic heterocycles. The van der Waals surface area contributed by atoms with Gasteiger partial charge in [-0.2, -0.15) is 0 Å². The maximum atomic E-state index is 11.7. The predicted molar refractivity (Wildman–Crippen MR) is 69.0 cm³/mol. The SMILES string of the molecule is Cc1csc(Cc2ncc3c(n2)CCCC3=O)n1. The summed E-state index contributed by atoms with van der Waals surface area (Å²) in [6.07, 6.45) is 4.74. The average Bonchev–Trinajstić information content (AvgIpc) is 2.75. The third kappa shape index (κ3) is 2.18. The van der Waals surface area contributed by atoms with E-state index in [1.54, 1.807) is 17.5 Å². The summed E-state index contributed by atoms with van der Waals surface area (Å²) in [4.78, 5) is 24.9. The van der Waals surface area contributed by atoms with Crippen LogP contribution in [0.1, 0.15) is 45.4 Å². The van der Waals surface area contributed by atoms with Crippen LogP contribution in [0, 0.1) is 6.92 Å². The molecule has 0 saturated heterocycles. The van der Waals surface area contributed by atoms with Crippen molar-refractivity contribution < 1.29 is 4.79 Å². The first kappa shape index (κ1) is 11.5. The molecule has 0 N–H and O–H groups in total. The van der Waals surface area contributed by atoms with Crippen molar-refractivity contribution in [2.24, 2.45) is 0 Å². The van der Waals surface area contributed by atoms with Crippen LogP contribution < -0.4 is 0 Å². The van der Waals surface area contributed by atoms with E-state index >= 15 is 0 Å². The number of carbonyl (C=O) groups is 1. The van der Waals surface area contributed by atoms with Gasteiger partial charge in [0.1, 0.15) is 10.8 Å². The normalized spacial score (nSPS) is 14.6. The third-order valence-electron chi connectivity index (χ3n) is 3.01. The molecule has 2 aromatic heterocycles. The van der Waals surface area contributed by atoms with Gasteiger partial charge in [-0.15, -0.1) is 11.3 Å². The smallest absolute Gasteiger partial charge is 0.166 e. The van der Waals surface area contributed by atoms with Crippen LogP contribution in [0.4, 0.5) is 0 Å². The molecule has 3 rings (SSSR count). The van der Waals surface area contributed by atoms with Gasteiger partial charge in [0.2, 0.25) is 0 Å². The quantitative estimate of drug-likeness (QED) is 0.830. The Balaban J connectivity index is 1.88. The molecule has 0 radical (unpaired) electrons. The van der Waals surface area contributed by atoms with E-state index in [0.29, 0.717) is 18.4 Å². The summed E-state index contributed by atoms with van der Waals surface area (Å²) in [5, 5.41) is 3.05. The number of nitrogens with zero attached hydrogens (tertiary/aromatic N) is 3. The average molecular weight is 259 g/mol. The number of ketones is 1. The third-order valence-corrected chi connectivity index (χ3v) is 3.98. The molecule has 18 heavy (non-hydrogen) atoms. The fraction of sp³-hybridized carbons (Fsp3) is 0.385. The highest BCUT2D eigenvalue weighted by atomic mass is 32.1. The Bertz CT molecular complexity index is 606. The molecule has 2 aromatic rings. The molecule has 5 heteroatoms. The van der Waals surface area contributed by atoms with E-state index < -0.39 is 0 Å². The number of hydrogen-bond donors (Lipinski definition) is 0. The molecule has 0 spiro atoms. The highest BCUT2D eigenvalue weighted by molar-refractivity contribution is 7.09. The summed E-state index contributed by atoms with van der Waals surface area (Å²) >= 11 is 1.62. The van der Waals surface area contributed by atoms with Gasteiger partial charge in [0.15, 0.2) is 5.78 Å². The highest BCUT2D eigenvalue weighted by Crippen LogP contribution is 2.19. The molecule has 0 fully saturated rings. The summed E-state index contributed by atoms with van der Waals surface area (Å²) in [5.41, 5.74) is 2.65. The van der Waals surface area contributed by atoms with E-state index in [1.165, 1.54) is 0 Å². The van der Waals surface area contributed by atoms with Gasteiger partial charge in [-0.3, -0.25) is 4.79 Å². The summed E-state index contributed by atoms with van der Waals surface area (Å²) in [6.45, 7) is 1.98. The second-order valence-electron chi connectivity index (χ2n) is 4.48. The lowest BCUT2D eigenvalue weighted by molar-refractivity contribution is 0.0971. The number of rotatable bonds is 2. The Morgan fingerprint density at radius 1 is 1.33 bits per heavy atom. The molecule has 0 amide bonds. The van der Waals surface area contributed by atoms with Gasteiger partial charge in [0, 0.05) is 23.7 Å². The first-order chi connectivity index (χ1) is 8.72. The minimum absolute atomic E-state index is 0.174. The number of thiazole rings is 1. The molecule has 0 unspecified atom stereocenters. The standard InChI is InChI=1S/C13H13N3OS/c1-8-7-18-13(15-8)5-12-14-6-9-10(16-12)3-2-4-11(9)17/h6-7H,2-5H2,1H3. The first-order valence-electron chi connectivity index (χ1n) is 6.01. The van der Waals surface area contributed by atoms with E-state index in [9.17, 15) is 4.79 Å². The van der Waals surface area contributed by atoms with E-state index in [0.717, 1.165) is 35.1 Å². The van der Waals surface area contributed by atoms with Crippen LogP contribution in [0.25, 0.3) is 0 Å². The lowest BCUT2D eigenvalue weighted by atomic mass is 9.96. The second-order valence-corrected chi connectivity index (χ2v) is 5.43. The number of aryl methyl sites for hydroxylation is 2. The van der Waals surface area contributed by atoms with Gasteiger partial charge in [-0.05, 0) is 19.8 Å². The summed E-state index contributed by atoms with van der Waals surface area (Å²) < 4.78 is 0. The lowest BCUT2D eigenvalue weighted by Crippen LogP contribution is -2.14. The summed E-state index contributed by atoms with van der Waals surface area (Å²) in [7, 11) is 0. The Hall–Kier alpha value is -1.62. The molecule has 1 aliphatic carbocycles. The predicted octanol–water partition coefficient (Wildman–Crippen LogP) is 2.35. The van der Waals surface area contributed by atoms with Gasteiger partial charge >= 0.3 is 0 Å². The van der Waals surface area contributed by atoms with Gasteiger partial charge in [0.25, 0.3) is 0 Å². The van der Waals surface area contributed by atoms with Crippen LogP contribution in [-0.2, 0) is 12.8 Å². The molecule has 0 aromatic carbocycles. The van der Waals surface area contributed by atoms with E-state index in [-0.39, 0.29) is 5.78 Å². The minimum atomic E-state index is 0.174. The Kier molecular flexibility index (Phi) is 2.91. The topological polar surface area (TPSA) is 55.7 Å². The molecule has 0 saturated carbocycles. The number of carbonyl (C=O) groups excluding carboxylic acids is 1. The largest absolute Gasteiger partial charge is 0.294 e. The Morgan fingerprint density at radius 3 is 3.00 bits per heavy atom. The molecule has 92 valence electrons. The van der Waals surface area contributed by atoms with Crippen molar-refractivity contribution in [3.8, 4) is 0 Å².